The third kappa shape index (κ3) is 23.8. The van der Waals surface area contributed by atoms with E-state index in [0.29, 0.717) is 5.92 Å². The normalized spacial score (nSPS) is 11.5. The number of benzene rings is 7. The largest absolute Gasteiger partial charge is 0.331 e. The summed E-state index contributed by atoms with van der Waals surface area (Å²) in [5, 5.41) is 42.4. The van der Waals surface area contributed by atoms with Crippen molar-refractivity contribution in [3.63, 3.8) is 0 Å². The summed E-state index contributed by atoms with van der Waals surface area (Å²) in [4.78, 5) is 86.6. The van der Waals surface area contributed by atoms with Gasteiger partial charge < -0.3 is 22.8 Å². The summed E-state index contributed by atoms with van der Waals surface area (Å²) in [6.07, 6.45) is 28.0. The molecule has 7 aromatic heterocycles. The first-order valence-corrected chi connectivity index (χ1v) is 37.3. The fourth-order valence-corrected chi connectivity index (χ4v) is 12.8. The lowest BCUT2D eigenvalue weighted by molar-refractivity contribution is -0.124. The number of hydrogen-bond acceptors (Lipinski definition) is 17. The number of carbonyl (C=O) groups is 5. The quantitative estimate of drug-likeness (QED) is 0.0144. The van der Waals surface area contributed by atoms with Gasteiger partial charge in [-0.15, -0.1) is 0 Å². The molecule has 14 rings (SSSR count). The predicted octanol–water partition coefficient (Wildman–Crippen LogP) is 13.5. The number of hydroxylamine groups is 5. The maximum atomic E-state index is 11.3. The van der Waals surface area contributed by atoms with Crippen LogP contribution in [0.2, 0.25) is 0 Å². The molecule has 588 valence electrons. The molecule has 0 fully saturated rings. The van der Waals surface area contributed by atoms with E-state index in [2.05, 4.69) is 125 Å². The number of nitrogens with zero attached hydrogens (tertiary/aromatic N) is 12. The van der Waals surface area contributed by atoms with Crippen LogP contribution in [-0.2, 0) is 88.8 Å². The van der Waals surface area contributed by atoms with Gasteiger partial charge in [-0.25, -0.2) is 52.3 Å². The average molecular weight is 1550 g/mol. The zero-order valence-electron chi connectivity index (χ0n) is 64.3. The van der Waals surface area contributed by atoms with E-state index in [4.69, 9.17) is 36.0 Å². The Balaban J connectivity index is 0.000000155. The molecule has 1 unspecified atom stereocenters. The van der Waals surface area contributed by atoms with E-state index in [9.17, 15) is 24.0 Å². The molecular weight excluding hydrogens is 1460 g/mol. The van der Waals surface area contributed by atoms with Crippen LogP contribution in [0.3, 0.4) is 0 Å². The second-order valence-electron chi connectivity index (χ2n) is 26.3. The average Bonchev–Trinajstić information content (AvgIpc) is 1.66. The van der Waals surface area contributed by atoms with E-state index < -0.39 is 29.5 Å². The minimum atomic E-state index is -0.565. The molecule has 7 heterocycles. The number of aryl methyl sites for hydroxylation is 10. The van der Waals surface area contributed by atoms with E-state index in [1.165, 1.54) is 47.1 Å². The predicted molar refractivity (Wildman–Crippen MR) is 444 cm³/mol. The van der Waals surface area contributed by atoms with Gasteiger partial charge in [-0.2, -0.15) is 0 Å². The summed E-state index contributed by atoms with van der Waals surface area (Å²) in [7, 11) is 0. The lowest BCUT2D eigenvalue weighted by Crippen LogP contribution is -2.14. The first-order valence-electron chi connectivity index (χ1n) is 37.3. The number of imidazole rings is 5. The van der Waals surface area contributed by atoms with Crippen LogP contribution >= 0.6 is 0 Å². The van der Waals surface area contributed by atoms with E-state index in [0.717, 1.165) is 171 Å². The Kier molecular flexibility index (Phi) is 30.8. The van der Waals surface area contributed by atoms with Crippen LogP contribution in [-0.4, -0.2) is 113 Å². The molecule has 27 nitrogen and oxygen atoms in total. The van der Waals surface area contributed by atoms with Crippen LogP contribution in [0.1, 0.15) is 101 Å². The lowest BCUT2D eigenvalue weighted by Gasteiger charge is -2.14. The number of rotatable bonds is 25. The Hall–Kier alpha value is -14.0. The van der Waals surface area contributed by atoms with Gasteiger partial charge in [0.05, 0.1) is 67.8 Å². The van der Waals surface area contributed by atoms with Crippen molar-refractivity contribution >= 4 is 115 Å². The molecule has 0 spiro atoms. The number of pyridine rings is 2. The third-order valence-corrected chi connectivity index (χ3v) is 18.6. The van der Waals surface area contributed by atoms with Gasteiger partial charge in [-0.1, -0.05) is 110 Å². The molecule has 0 aliphatic heterocycles. The number of aromatic nitrogens is 12. The number of carbonyl (C=O) groups excluding carboxylic acids is 5. The molecule has 0 bridgehead atoms. The van der Waals surface area contributed by atoms with Crippen molar-refractivity contribution in [2.45, 2.75) is 105 Å². The number of nitrogens with one attached hydrogen (secondary N) is 5. The maximum Gasteiger partial charge on any atom is 0.267 e. The Morgan fingerprint density at radius 3 is 1.30 bits per heavy atom. The van der Waals surface area contributed by atoms with Gasteiger partial charge in [-0.05, 0) is 200 Å². The summed E-state index contributed by atoms with van der Waals surface area (Å²) < 4.78 is 10.8. The van der Waals surface area contributed by atoms with Crippen LogP contribution < -0.4 is 27.4 Å². The SMILES string of the molecule is CC(Cc1nc2cc(/C=C/C(=O)NO)ccc2n1CCc1cccnc1)c1ccccc1.CCn1c(C)nc2cc(/C=C/C(=O)NO)ccc21.CCn1c(CCc2ccccc2)nc2cc(/C=C/C(=O)NO)ccc21.CCn1cnc2cc(/C=C/C(=O)NO)ccc21.O=C(/C=C/c1ccc2c(c1)ncn2CCc1ccccn1)NO. The summed E-state index contributed by atoms with van der Waals surface area (Å²) in [5.41, 5.74) is 26.7. The molecule has 0 saturated heterocycles. The first kappa shape index (κ1) is 83.5. The molecule has 0 radical (unpaired) electrons. The van der Waals surface area contributed by atoms with Crippen molar-refractivity contribution in [1.29, 1.82) is 0 Å². The van der Waals surface area contributed by atoms with Crippen LogP contribution in [0.15, 0.2) is 244 Å². The highest BCUT2D eigenvalue weighted by Crippen LogP contribution is 2.27. The van der Waals surface area contributed by atoms with E-state index in [-0.39, 0.29) is 0 Å². The molecule has 1 atom stereocenters. The van der Waals surface area contributed by atoms with Crippen molar-refractivity contribution in [3.05, 3.63) is 311 Å². The smallest absolute Gasteiger partial charge is 0.267 e. The van der Waals surface area contributed by atoms with Gasteiger partial charge in [0.1, 0.15) is 17.5 Å². The van der Waals surface area contributed by atoms with Gasteiger partial charge in [0.15, 0.2) is 0 Å². The summed E-state index contributed by atoms with van der Waals surface area (Å²) in [6, 6.07) is 60.0. The minimum Gasteiger partial charge on any atom is -0.331 e. The van der Waals surface area contributed by atoms with Crippen molar-refractivity contribution in [2.75, 3.05) is 0 Å². The molecule has 14 aromatic rings. The highest BCUT2D eigenvalue weighted by atomic mass is 16.5. The van der Waals surface area contributed by atoms with Crippen LogP contribution in [0.4, 0.5) is 0 Å². The second kappa shape index (κ2) is 42.5. The Morgan fingerprint density at radius 2 is 0.826 bits per heavy atom. The maximum absolute atomic E-state index is 11.3. The summed E-state index contributed by atoms with van der Waals surface area (Å²) in [6.45, 7) is 14.7. The second-order valence-corrected chi connectivity index (χ2v) is 26.3. The fourth-order valence-electron chi connectivity index (χ4n) is 12.8. The van der Waals surface area contributed by atoms with E-state index >= 15 is 0 Å². The van der Waals surface area contributed by atoms with Crippen LogP contribution in [0.25, 0.3) is 85.5 Å². The summed E-state index contributed by atoms with van der Waals surface area (Å²) >= 11 is 0. The Bertz CT molecular complexity index is 5750. The van der Waals surface area contributed by atoms with E-state index in [1.807, 2.05) is 151 Å². The van der Waals surface area contributed by atoms with E-state index in [1.54, 1.807) is 76.5 Å². The van der Waals surface area contributed by atoms with Crippen LogP contribution in [0, 0.1) is 6.92 Å². The number of hydrogen-bond donors (Lipinski definition) is 10. The molecule has 115 heavy (non-hydrogen) atoms. The monoisotopic (exact) mass is 1550 g/mol. The lowest BCUT2D eigenvalue weighted by atomic mass is 9.97. The van der Waals surface area contributed by atoms with Crippen molar-refractivity contribution in [2.24, 2.45) is 0 Å². The van der Waals surface area contributed by atoms with Crippen molar-refractivity contribution < 1.29 is 50.0 Å². The highest BCUT2D eigenvalue weighted by molar-refractivity contribution is 5.95. The number of fused-ring (bicyclic) bond motifs is 5. The summed E-state index contributed by atoms with van der Waals surface area (Å²) in [5.74, 6) is 0.623. The Labute approximate surface area is 663 Å². The third-order valence-electron chi connectivity index (χ3n) is 18.6. The van der Waals surface area contributed by atoms with Gasteiger partial charge in [0.2, 0.25) is 0 Å². The first-order chi connectivity index (χ1) is 56.0. The van der Waals surface area contributed by atoms with Crippen LogP contribution in [0.5, 0.6) is 0 Å². The zero-order valence-corrected chi connectivity index (χ0v) is 64.3. The minimum absolute atomic E-state index is 0.331. The van der Waals surface area contributed by atoms with Gasteiger partial charge in [0.25, 0.3) is 29.5 Å². The standard InChI is InChI=1S/C26H26N4O2.C20H21N3O2.C17H16N4O2.C13H15N3O2.C12H13N3O2/c1-19(22-7-3-2-4-8-22)16-25-28-23-17-20(10-12-26(31)29-32)9-11-24(23)30(25)15-13-21-6-5-14-27-18-21;1-2-23-18-11-8-16(10-13-20(24)22-25)14-17(18)21-19(23)12-9-15-6-4-3-5-7-15;22-17(20-23)7-5-13-4-6-16-15(11-13)19-12-21(16)10-8-14-3-1-2-9-18-14;1-3-16-9(2)14-11-8-10(4-6-12(11)16)5-7-13(17)15-18;1-2-15-8-13-10-7-9(3-5-11(10)15)4-6-12(16)14-17/h2-12,14,17-19,32H,13,15-16H2,1H3,(H,29,31);3-8,10-11,13-14,25H,2,9,12H2,1H3,(H,22,24);1-7,9,11-12,23H,8,10H2,(H,20,22);4-8,18H,3H2,1-2H3,(H,15,17);3-8,17H,2H2,1H3,(H,14,16)/b12-10+;13-10+;2*7-5+;6-4+. The Morgan fingerprint density at radius 1 is 0.391 bits per heavy atom. The molecule has 0 aliphatic rings. The van der Waals surface area contributed by atoms with Crippen molar-refractivity contribution in [1.82, 2.24) is 85.1 Å². The van der Waals surface area contributed by atoms with Gasteiger partial charge >= 0.3 is 0 Å². The van der Waals surface area contributed by atoms with Gasteiger partial charge in [0, 0.05) is 107 Å². The van der Waals surface area contributed by atoms with Crippen molar-refractivity contribution in [3.8, 4) is 0 Å². The number of amides is 5. The molecule has 27 heteroatoms. The molecule has 10 N–H and O–H groups in total. The molecule has 5 amide bonds. The molecule has 0 saturated carbocycles. The molecular formula is C88H91N17O10. The zero-order chi connectivity index (χ0) is 81.4. The fraction of sp³-hybridized carbons (Fsp3) is 0.182. The molecule has 7 aromatic carbocycles. The topological polar surface area (TPSA) is 362 Å². The van der Waals surface area contributed by atoms with Gasteiger partial charge in [-0.3, -0.25) is 60.0 Å². The highest BCUT2D eigenvalue weighted by Gasteiger charge is 2.17. The molecule has 0 aliphatic carbocycles.